The molecule has 1 saturated heterocycles. The van der Waals surface area contributed by atoms with E-state index in [4.69, 9.17) is 11.6 Å². The molecule has 0 aliphatic carbocycles. The number of aromatic nitrogens is 1. The number of nitrogens with one attached hydrogen (secondary N) is 1. The van der Waals surface area contributed by atoms with E-state index in [-0.39, 0.29) is 22.5 Å². The summed E-state index contributed by atoms with van der Waals surface area (Å²) in [4.78, 5) is 30.3. The van der Waals surface area contributed by atoms with Gasteiger partial charge in [-0.05, 0) is 37.1 Å². The van der Waals surface area contributed by atoms with Gasteiger partial charge in [-0.3, -0.25) is 14.6 Å². The third kappa shape index (κ3) is 3.96. The van der Waals surface area contributed by atoms with Crippen LogP contribution >= 0.6 is 11.6 Å². The average molecular weight is 362 g/mol. The normalized spacial score (nSPS) is 15.0. The van der Waals surface area contributed by atoms with Crippen molar-refractivity contribution >= 4 is 23.4 Å². The Labute approximate surface area is 149 Å². The van der Waals surface area contributed by atoms with Gasteiger partial charge >= 0.3 is 0 Å². The number of likely N-dealkylation sites (tertiary alicyclic amines) is 1. The minimum absolute atomic E-state index is 0.0741. The molecule has 1 aliphatic rings. The van der Waals surface area contributed by atoms with Crippen LogP contribution in [0.5, 0.6) is 0 Å². The lowest BCUT2D eigenvalue weighted by Crippen LogP contribution is -2.46. The zero-order chi connectivity index (χ0) is 17.8. The molecule has 1 aliphatic heterocycles. The molecule has 1 fully saturated rings. The number of piperidine rings is 1. The van der Waals surface area contributed by atoms with Gasteiger partial charge in [0.1, 0.15) is 5.82 Å². The van der Waals surface area contributed by atoms with E-state index in [1.54, 1.807) is 23.2 Å². The largest absolute Gasteiger partial charge is 0.349 e. The van der Waals surface area contributed by atoms with E-state index in [0.717, 1.165) is 0 Å². The number of amides is 2. The second kappa shape index (κ2) is 7.61. The SMILES string of the molecule is O=C(NC1CCN(C(=O)c2cccnc2)CC1)c1c(F)cccc1Cl. The maximum atomic E-state index is 13.8. The Morgan fingerprint density at radius 3 is 2.60 bits per heavy atom. The van der Waals surface area contributed by atoms with Crippen molar-refractivity contribution in [2.45, 2.75) is 18.9 Å². The van der Waals surface area contributed by atoms with Gasteiger partial charge in [0.25, 0.3) is 11.8 Å². The fraction of sp³-hybridized carbons (Fsp3) is 0.278. The monoisotopic (exact) mass is 361 g/mol. The third-order valence-electron chi connectivity index (χ3n) is 4.22. The highest BCUT2D eigenvalue weighted by molar-refractivity contribution is 6.33. The molecule has 2 heterocycles. The number of hydrogen-bond donors (Lipinski definition) is 1. The molecule has 5 nitrogen and oxygen atoms in total. The van der Waals surface area contributed by atoms with Crippen LogP contribution < -0.4 is 5.32 Å². The minimum Gasteiger partial charge on any atom is -0.349 e. The number of benzene rings is 1. The molecule has 25 heavy (non-hydrogen) atoms. The first-order valence-corrected chi connectivity index (χ1v) is 8.38. The molecule has 130 valence electrons. The molecule has 0 bridgehead atoms. The predicted molar refractivity (Wildman–Crippen MR) is 92.0 cm³/mol. The van der Waals surface area contributed by atoms with Crippen molar-refractivity contribution in [2.75, 3.05) is 13.1 Å². The van der Waals surface area contributed by atoms with Crippen LogP contribution in [-0.4, -0.2) is 40.8 Å². The van der Waals surface area contributed by atoms with Gasteiger partial charge in [-0.2, -0.15) is 0 Å². The highest BCUT2D eigenvalue weighted by Crippen LogP contribution is 2.20. The molecule has 7 heteroatoms. The maximum absolute atomic E-state index is 13.8. The molecule has 2 aromatic rings. The molecule has 3 rings (SSSR count). The number of nitrogens with zero attached hydrogens (tertiary/aromatic N) is 2. The first kappa shape index (κ1) is 17.4. The molecule has 0 spiro atoms. The topological polar surface area (TPSA) is 62.3 Å². The van der Waals surface area contributed by atoms with Crippen LogP contribution in [0, 0.1) is 5.82 Å². The number of hydrogen-bond acceptors (Lipinski definition) is 3. The number of carbonyl (C=O) groups is 2. The van der Waals surface area contributed by atoms with E-state index in [2.05, 4.69) is 10.3 Å². The molecular formula is C18H17ClFN3O2. The molecule has 0 radical (unpaired) electrons. The van der Waals surface area contributed by atoms with Crippen LogP contribution in [0.15, 0.2) is 42.7 Å². The molecular weight excluding hydrogens is 345 g/mol. The van der Waals surface area contributed by atoms with Crippen LogP contribution in [0.1, 0.15) is 33.6 Å². The van der Waals surface area contributed by atoms with Gasteiger partial charge in [-0.1, -0.05) is 17.7 Å². The second-order valence-electron chi connectivity index (χ2n) is 5.88. The predicted octanol–water partition coefficient (Wildman–Crippen LogP) is 2.91. The zero-order valence-electron chi connectivity index (χ0n) is 13.4. The van der Waals surface area contributed by atoms with E-state index < -0.39 is 11.7 Å². The molecule has 0 atom stereocenters. The third-order valence-corrected chi connectivity index (χ3v) is 4.53. The number of pyridine rings is 1. The summed E-state index contributed by atoms with van der Waals surface area (Å²) in [6.45, 7) is 1.04. The molecule has 2 amide bonds. The summed E-state index contributed by atoms with van der Waals surface area (Å²) in [5.74, 6) is -1.25. The summed E-state index contributed by atoms with van der Waals surface area (Å²) >= 11 is 5.91. The van der Waals surface area contributed by atoms with Crippen LogP contribution in [-0.2, 0) is 0 Å². The Hall–Kier alpha value is -2.47. The maximum Gasteiger partial charge on any atom is 0.255 e. The van der Waals surface area contributed by atoms with Gasteiger partial charge in [-0.25, -0.2) is 4.39 Å². The first-order valence-electron chi connectivity index (χ1n) is 8.00. The smallest absolute Gasteiger partial charge is 0.255 e. The van der Waals surface area contributed by atoms with Crippen LogP contribution in [0.2, 0.25) is 5.02 Å². The lowest BCUT2D eigenvalue weighted by molar-refractivity contribution is 0.0697. The van der Waals surface area contributed by atoms with Gasteiger partial charge in [0.15, 0.2) is 0 Å². The minimum atomic E-state index is -0.644. The number of rotatable bonds is 3. The fourth-order valence-corrected chi connectivity index (χ4v) is 3.12. The zero-order valence-corrected chi connectivity index (χ0v) is 14.2. The van der Waals surface area contributed by atoms with Crippen molar-refractivity contribution in [1.82, 2.24) is 15.2 Å². The molecule has 0 saturated carbocycles. The van der Waals surface area contributed by atoms with E-state index in [1.165, 1.54) is 24.4 Å². The Bertz CT molecular complexity index is 757. The molecule has 1 N–H and O–H groups in total. The van der Waals surface area contributed by atoms with Crippen molar-refractivity contribution in [1.29, 1.82) is 0 Å². The van der Waals surface area contributed by atoms with Crippen molar-refractivity contribution in [2.24, 2.45) is 0 Å². The summed E-state index contributed by atoms with van der Waals surface area (Å²) < 4.78 is 13.8. The van der Waals surface area contributed by atoms with Crippen molar-refractivity contribution in [3.8, 4) is 0 Å². The van der Waals surface area contributed by atoms with Crippen molar-refractivity contribution in [3.05, 3.63) is 64.7 Å². The Morgan fingerprint density at radius 1 is 1.20 bits per heavy atom. The lowest BCUT2D eigenvalue weighted by atomic mass is 10.0. The van der Waals surface area contributed by atoms with Crippen LogP contribution in [0.4, 0.5) is 4.39 Å². The van der Waals surface area contributed by atoms with E-state index in [1.807, 2.05) is 0 Å². The Kier molecular flexibility index (Phi) is 5.28. The van der Waals surface area contributed by atoms with E-state index in [9.17, 15) is 14.0 Å². The fourth-order valence-electron chi connectivity index (χ4n) is 2.87. The second-order valence-corrected chi connectivity index (χ2v) is 6.29. The summed E-state index contributed by atoms with van der Waals surface area (Å²) in [5, 5.41) is 2.89. The first-order chi connectivity index (χ1) is 12.1. The standard InChI is InChI=1S/C18H17ClFN3O2/c19-14-4-1-5-15(20)16(14)17(24)22-13-6-9-23(10-7-13)18(25)12-3-2-8-21-11-12/h1-5,8,11,13H,6-7,9-10H2,(H,22,24). The van der Waals surface area contributed by atoms with Gasteiger partial charge in [-0.15, -0.1) is 0 Å². The summed E-state index contributed by atoms with van der Waals surface area (Å²) in [5.41, 5.74) is 0.404. The summed E-state index contributed by atoms with van der Waals surface area (Å²) in [6, 6.07) is 7.46. The highest BCUT2D eigenvalue weighted by atomic mass is 35.5. The van der Waals surface area contributed by atoms with Gasteiger partial charge in [0, 0.05) is 31.5 Å². The number of carbonyl (C=O) groups excluding carboxylic acids is 2. The average Bonchev–Trinajstić information content (AvgIpc) is 2.62. The van der Waals surface area contributed by atoms with E-state index in [0.29, 0.717) is 31.5 Å². The van der Waals surface area contributed by atoms with Crippen LogP contribution in [0.3, 0.4) is 0 Å². The Morgan fingerprint density at radius 2 is 1.96 bits per heavy atom. The van der Waals surface area contributed by atoms with Crippen LogP contribution in [0.25, 0.3) is 0 Å². The molecule has 1 aromatic heterocycles. The van der Waals surface area contributed by atoms with Gasteiger partial charge in [0.05, 0.1) is 16.1 Å². The summed E-state index contributed by atoms with van der Waals surface area (Å²) in [7, 11) is 0. The van der Waals surface area contributed by atoms with Crippen molar-refractivity contribution < 1.29 is 14.0 Å². The van der Waals surface area contributed by atoms with E-state index >= 15 is 0 Å². The molecule has 1 aromatic carbocycles. The Balaban J connectivity index is 1.58. The molecule has 0 unspecified atom stereocenters. The van der Waals surface area contributed by atoms with Gasteiger partial charge < -0.3 is 10.2 Å². The van der Waals surface area contributed by atoms with Crippen molar-refractivity contribution in [3.63, 3.8) is 0 Å². The number of halogens is 2. The van der Waals surface area contributed by atoms with Gasteiger partial charge in [0.2, 0.25) is 0 Å². The quantitative estimate of drug-likeness (QED) is 0.914. The lowest BCUT2D eigenvalue weighted by Gasteiger charge is -2.32. The summed E-state index contributed by atoms with van der Waals surface area (Å²) in [6.07, 6.45) is 4.36. The highest BCUT2D eigenvalue weighted by Gasteiger charge is 2.26.